The Balaban J connectivity index is 1.38. The van der Waals surface area contributed by atoms with E-state index < -0.39 is 0 Å². The summed E-state index contributed by atoms with van der Waals surface area (Å²) in [6.07, 6.45) is 0. The molecule has 3 N–H and O–H groups in total. The number of halogens is 1. The largest absolute Gasteiger partial charge is 0.492 e. The fourth-order valence-electron chi connectivity index (χ4n) is 3.27. The Labute approximate surface area is 159 Å². The number of amides is 1. The van der Waals surface area contributed by atoms with Crippen LogP contribution in [0.5, 0.6) is 5.75 Å². The fraction of sp³-hybridized carbons (Fsp3) is 0.350. The maximum absolute atomic E-state index is 12.1. The summed E-state index contributed by atoms with van der Waals surface area (Å²) in [4.78, 5) is 14.3. The molecule has 0 saturated carbocycles. The summed E-state index contributed by atoms with van der Waals surface area (Å²) in [7, 11) is 0. The average Bonchev–Trinajstić information content (AvgIpc) is 3.00. The molecular weight excluding hydrogens is 350 g/mol. The SMILES string of the molecule is N[C@@H]1CN(CC(=O)NCCOc2cccc(Cl)c2)C[C@H]1c1ccccc1. The van der Waals surface area contributed by atoms with Gasteiger partial charge in [-0.15, -0.1) is 0 Å². The Morgan fingerprint density at radius 3 is 2.77 bits per heavy atom. The zero-order valence-corrected chi connectivity index (χ0v) is 15.4. The van der Waals surface area contributed by atoms with E-state index >= 15 is 0 Å². The van der Waals surface area contributed by atoms with Gasteiger partial charge in [0.15, 0.2) is 0 Å². The number of nitrogens with two attached hydrogens (primary N) is 1. The van der Waals surface area contributed by atoms with Gasteiger partial charge in [0.1, 0.15) is 12.4 Å². The lowest BCUT2D eigenvalue weighted by Gasteiger charge is -2.16. The van der Waals surface area contributed by atoms with Gasteiger partial charge in [0.05, 0.1) is 13.1 Å². The van der Waals surface area contributed by atoms with E-state index in [1.165, 1.54) is 5.56 Å². The van der Waals surface area contributed by atoms with E-state index in [2.05, 4.69) is 22.3 Å². The van der Waals surface area contributed by atoms with Crippen LogP contribution < -0.4 is 15.8 Å². The minimum Gasteiger partial charge on any atom is -0.492 e. The highest BCUT2D eigenvalue weighted by molar-refractivity contribution is 6.30. The standard InChI is InChI=1S/C20H24ClN3O2/c21-16-7-4-8-17(11-16)26-10-9-23-20(25)14-24-12-18(19(22)13-24)15-5-2-1-3-6-15/h1-8,11,18-19H,9-10,12-14,22H2,(H,23,25)/t18-,19+/m0/s1. The van der Waals surface area contributed by atoms with Crippen molar-refractivity contribution in [3.05, 3.63) is 65.2 Å². The highest BCUT2D eigenvalue weighted by Gasteiger charge is 2.31. The first-order valence-corrected chi connectivity index (χ1v) is 9.17. The molecule has 1 aliphatic heterocycles. The Hall–Kier alpha value is -2.08. The Morgan fingerprint density at radius 2 is 2.00 bits per heavy atom. The first kappa shape index (κ1) is 18.7. The van der Waals surface area contributed by atoms with Crippen molar-refractivity contribution >= 4 is 17.5 Å². The van der Waals surface area contributed by atoms with Crippen molar-refractivity contribution in [3.63, 3.8) is 0 Å². The topological polar surface area (TPSA) is 67.6 Å². The second-order valence-electron chi connectivity index (χ2n) is 6.53. The molecule has 0 aliphatic carbocycles. The van der Waals surface area contributed by atoms with Gasteiger partial charge >= 0.3 is 0 Å². The summed E-state index contributed by atoms with van der Waals surface area (Å²) in [5.41, 5.74) is 7.51. The number of likely N-dealkylation sites (tertiary alicyclic amines) is 1. The predicted octanol–water partition coefficient (Wildman–Crippen LogP) is 2.26. The van der Waals surface area contributed by atoms with Gasteiger partial charge in [-0.05, 0) is 23.8 Å². The number of carbonyl (C=O) groups is 1. The van der Waals surface area contributed by atoms with Gasteiger partial charge in [-0.1, -0.05) is 48.0 Å². The molecule has 0 unspecified atom stereocenters. The second kappa shape index (κ2) is 9.03. The monoisotopic (exact) mass is 373 g/mol. The van der Waals surface area contributed by atoms with Crippen molar-refractivity contribution in [2.45, 2.75) is 12.0 Å². The molecular formula is C20H24ClN3O2. The number of nitrogens with one attached hydrogen (secondary N) is 1. The van der Waals surface area contributed by atoms with Crippen LogP contribution in [0.25, 0.3) is 0 Å². The number of benzene rings is 2. The number of nitrogens with zero attached hydrogens (tertiary/aromatic N) is 1. The Bertz CT molecular complexity index is 726. The molecule has 0 aromatic heterocycles. The molecule has 1 heterocycles. The molecule has 26 heavy (non-hydrogen) atoms. The maximum Gasteiger partial charge on any atom is 0.234 e. The second-order valence-corrected chi connectivity index (χ2v) is 6.97. The summed E-state index contributed by atoms with van der Waals surface area (Å²) in [5, 5.41) is 3.51. The van der Waals surface area contributed by atoms with Crippen molar-refractivity contribution in [1.82, 2.24) is 10.2 Å². The fourth-order valence-corrected chi connectivity index (χ4v) is 3.45. The molecule has 1 amide bonds. The van der Waals surface area contributed by atoms with E-state index in [4.69, 9.17) is 22.1 Å². The van der Waals surface area contributed by atoms with E-state index in [-0.39, 0.29) is 17.9 Å². The number of hydrogen-bond donors (Lipinski definition) is 2. The highest BCUT2D eigenvalue weighted by atomic mass is 35.5. The van der Waals surface area contributed by atoms with Gasteiger partial charge in [-0.2, -0.15) is 0 Å². The van der Waals surface area contributed by atoms with Crippen molar-refractivity contribution in [2.75, 3.05) is 32.8 Å². The molecule has 2 aromatic carbocycles. The lowest BCUT2D eigenvalue weighted by Crippen LogP contribution is -2.38. The van der Waals surface area contributed by atoms with E-state index in [9.17, 15) is 4.79 Å². The average molecular weight is 374 g/mol. The molecule has 0 spiro atoms. The third-order valence-corrected chi connectivity index (χ3v) is 4.76. The normalized spacial score (nSPS) is 20.1. The predicted molar refractivity (Wildman–Crippen MR) is 104 cm³/mol. The zero-order chi connectivity index (χ0) is 18.4. The Morgan fingerprint density at radius 1 is 1.19 bits per heavy atom. The van der Waals surface area contributed by atoms with Gasteiger partial charge in [-0.25, -0.2) is 0 Å². The Kier molecular flexibility index (Phi) is 6.50. The summed E-state index contributed by atoms with van der Waals surface area (Å²) < 4.78 is 5.57. The molecule has 3 rings (SSSR count). The molecule has 2 aromatic rings. The summed E-state index contributed by atoms with van der Waals surface area (Å²) >= 11 is 5.91. The van der Waals surface area contributed by atoms with E-state index in [0.717, 1.165) is 13.1 Å². The van der Waals surface area contributed by atoms with Crippen LogP contribution in [-0.4, -0.2) is 49.6 Å². The molecule has 6 heteroatoms. The van der Waals surface area contributed by atoms with Crippen LogP contribution in [0.15, 0.2) is 54.6 Å². The van der Waals surface area contributed by atoms with E-state index in [1.807, 2.05) is 30.3 Å². The summed E-state index contributed by atoms with van der Waals surface area (Å²) in [5.74, 6) is 0.957. The van der Waals surface area contributed by atoms with Crippen molar-refractivity contribution in [3.8, 4) is 5.75 Å². The van der Waals surface area contributed by atoms with E-state index in [1.54, 1.807) is 12.1 Å². The molecule has 1 fully saturated rings. The molecule has 5 nitrogen and oxygen atoms in total. The first-order valence-electron chi connectivity index (χ1n) is 8.80. The third kappa shape index (κ3) is 5.21. The van der Waals surface area contributed by atoms with Crippen molar-refractivity contribution in [2.24, 2.45) is 5.73 Å². The molecule has 0 bridgehead atoms. The molecule has 2 atom stereocenters. The van der Waals surface area contributed by atoms with Gasteiger partial charge in [0.2, 0.25) is 5.91 Å². The minimum absolute atomic E-state index is 0.0133. The number of rotatable bonds is 7. The van der Waals surface area contributed by atoms with Gasteiger partial charge in [-0.3, -0.25) is 9.69 Å². The number of hydrogen-bond acceptors (Lipinski definition) is 4. The van der Waals surface area contributed by atoms with Gasteiger partial charge in [0.25, 0.3) is 0 Å². The smallest absolute Gasteiger partial charge is 0.234 e. The quantitative estimate of drug-likeness (QED) is 0.730. The lowest BCUT2D eigenvalue weighted by molar-refractivity contribution is -0.122. The molecule has 1 saturated heterocycles. The molecule has 1 aliphatic rings. The van der Waals surface area contributed by atoms with Crippen molar-refractivity contribution in [1.29, 1.82) is 0 Å². The maximum atomic E-state index is 12.1. The van der Waals surface area contributed by atoms with Crippen LogP contribution in [0, 0.1) is 0 Å². The first-order chi connectivity index (χ1) is 12.6. The third-order valence-electron chi connectivity index (χ3n) is 4.52. The summed E-state index contributed by atoms with van der Waals surface area (Å²) in [6, 6.07) is 17.5. The van der Waals surface area contributed by atoms with Gasteiger partial charge in [0, 0.05) is 30.1 Å². The van der Waals surface area contributed by atoms with Crippen LogP contribution in [0.3, 0.4) is 0 Å². The van der Waals surface area contributed by atoms with Gasteiger partial charge < -0.3 is 15.8 Å². The highest BCUT2D eigenvalue weighted by Crippen LogP contribution is 2.25. The van der Waals surface area contributed by atoms with Crippen LogP contribution in [0.2, 0.25) is 5.02 Å². The van der Waals surface area contributed by atoms with Crippen LogP contribution >= 0.6 is 11.6 Å². The summed E-state index contributed by atoms with van der Waals surface area (Å²) in [6.45, 7) is 2.74. The molecule has 0 radical (unpaired) electrons. The lowest BCUT2D eigenvalue weighted by atomic mass is 9.95. The number of ether oxygens (including phenoxy) is 1. The number of carbonyl (C=O) groups excluding carboxylic acids is 1. The molecule has 138 valence electrons. The van der Waals surface area contributed by atoms with Crippen LogP contribution in [-0.2, 0) is 4.79 Å². The zero-order valence-electron chi connectivity index (χ0n) is 14.6. The van der Waals surface area contributed by atoms with Crippen LogP contribution in [0.4, 0.5) is 0 Å². The minimum atomic E-state index is -0.0133. The van der Waals surface area contributed by atoms with Crippen LogP contribution in [0.1, 0.15) is 11.5 Å². The van der Waals surface area contributed by atoms with Crippen molar-refractivity contribution < 1.29 is 9.53 Å². The van der Waals surface area contributed by atoms with E-state index in [0.29, 0.717) is 30.5 Å².